The van der Waals surface area contributed by atoms with Gasteiger partial charge in [0.1, 0.15) is 5.82 Å². The van der Waals surface area contributed by atoms with Crippen molar-refractivity contribution in [2.24, 2.45) is 0 Å². The van der Waals surface area contributed by atoms with Crippen molar-refractivity contribution >= 4 is 11.5 Å². The third-order valence-corrected chi connectivity index (χ3v) is 3.48. The van der Waals surface area contributed by atoms with Gasteiger partial charge in [0.2, 0.25) is 0 Å². The second-order valence-electron chi connectivity index (χ2n) is 4.79. The van der Waals surface area contributed by atoms with Crippen LogP contribution < -0.4 is 10.6 Å². The predicted octanol–water partition coefficient (Wildman–Crippen LogP) is 2.74. The van der Waals surface area contributed by atoms with E-state index >= 15 is 0 Å². The molecule has 1 unspecified atom stereocenters. The minimum Gasteiger partial charge on any atom is -0.398 e. The average Bonchev–Trinajstić information content (AvgIpc) is 2.47. The molecule has 88 valence electrons. The molecule has 1 saturated heterocycles. The van der Waals surface area contributed by atoms with E-state index in [4.69, 9.17) is 5.73 Å². The summed E-state index contributed by atoms with van der Waals surface area (Å²) in [7, 11) is 0. The van der Waals surface area contributed by atoms with Crippen LogP contribution in [0.25, 0.3) is 0 Å². The van der Waals surface area contributed by atoms with Crippen molar-refractivity contribution in [3.63, 3.8) is 0 Å². The van der Waals surface area contributed by atoms with Gasteiger partial charge in [-0.2, -0.15) is 0 Å². The van der Waals surface area contributed by atoms with Crippen LogP contribution in [0, 0.1) is 6.92 Å². The van der Waals surface area contributed by atoms with E-state index in [1.807, 2.05) is 19.2 Å². The van der Waals surface area contributed by atoms with E-state index < -0.39 is 0 Å². The SMILES string of the molecule is Cc1cnc(N2CCCCCC2C)cc1N. The van der Waals surface area contributed by atoms with Gasteiger partial charge < -0.3 is 10.6 Å². The molecule has 1 aliphatic heterocycles. The van der Waals surface area contributed by atoms with Crippen molar-refractivity contribution in [2.45, 2.75) is 45.6 Å². The number of rotatable bonds is 1. The van der Waals surface area contributed by atoms with E-state index in [0.29, 0.717) is 6.04 Å². The standard InChI is InChI=1S/C13H21N3/c1-10-9-15-13(8-12(10)14)16-7-5-3-4-6-11(16)2/h8-9,11H,3-7H2,1-2H3,(H2,14,15). The zero-order valence-corrected chi connectivity index (χ0v) is 10.2. The molecule has 0 aromatic carbocycles. The fraction of sp³-hybridized carbons (Fsp3) is 0.615. The third kappa shape index (κ3) is 2.29. The first-order chi connectivity index (χ1) is 7.68. The van der Waals surface area contributed by atoms with Crippen molar-refractivity contribution in [1.82, 2.24) is 4.98 Å². The second kappa shape index (κ2) is 4.73. The normalized spacial score (nSPS) is 21.9. The Kier molecular flexibility index (Phi) is 3.32. The zero-order valence-electron chi connectivity index (χ0n) is 10.2. The lowest BCUT2D eigenvalue weighted by molar-refractivity contribution is 0.611. The van der Waals surface area contributed by atoms with Crippen molar-refractivity contribution in [3.05, 3.63) is 17.8 Å². The number of hydrogen-bond donors (Lipinski definition) is 1. The van der Waals surface area contributed by atoms with E-state index in [1.165, 1.54) is 25.7 Å². The van der Waals surface area contributed by atoms with Gasteiger partial charge in [0.05, 0.1) is 0 Å². The van der Waals surface area contributed by atoms with E-state index in [0.717, 1.165) is 23.6 Å². The van der Waals surface area contributed by atoms with Gasteiger partial charge in [0.25, 0.3) is 0 Å². The molecule has 0 radical (unpaired) electrons. The molecular weight excluding hydrogens is 198 g/mol. The van der Waals surface area contributed by atoms with Crippen LogP contribution in [-0.2, 0) is 0 Å². The molecule has 0 amide bonds. The zero-order chi connectivity index (χ0) is 11.5. The van der Waals surface area contributed by atoms with Crippen LogP contribution in [-0.4, -0.2) is 17.6 Å². The van der Waals surface area contributed by atoms with Gasteiger partial charge in [0.15, 0.2) is 0 Å². The van der Waals surface area contributed by atoms with Gasteiger partial charge in [-0.25, -0.2) is 4.98 Å². The van der Waals surface area contributed by atoms with Crippen molar-refractivity contribution in [1.29, 1.82) is 0 Å². The largest absolute Gasteiger partial charge is 0.398 e. The molecule has 1 aromatic heterocycles. The molecule has 1 aliphatic rings. The Hall–Kier alpha value is -1.25. The summed E-state index contributed by atoms with van der Waals surface area (Å²) in [4.78, 5) is 6.89. The van der Waals surface area contributed by atoms with Gasteiger partial charge in [-0.05, 0) is 32.3 Å². The Balaban J connectivity index is 2.23. The Morgan fingerprint density at radius 1 is 1.38 bits per heavy atom. The Morgan fingerprint density at radius 3 is 2.94 bits per heavy atom. The molecule has 1 aromatic rings. The van der Waals surface area contributed by atoms with Crippen LogP contribution in [0.2, 0.25) is 0 Å². The first kappa shape index (κ1) is 11.2. The number of nitrogens with two attached hydrogens (primary N) is 1. The number of nitrogens with zero attached hydrogens (tertiary/aromatic N) is 2. The van der Waals surface area contributed by atoms with Gasteiger partial charge in [-0.15, -0.1) is 0 Å². The molecular formula is C13H21N3. The molecule has 0 bridgehead atoms. The molecule has 1 fully saturated rings. The summed E-state index contributed by atoms with van der Waals surface area (Å²) in [5.74, 6) is 1.04. The predicted molar refractivity (Wildman–Crippen MR) is 68.7 cm³/mol. The van der Waals surface area contributed by atoms with E-state index in [2.05, 4.69) is 16.8 Å². The number of aromatic nitrogens is 1. The maximum Gasteiger partial charge on any atom is 0.130 e. The Morgan fingerprint density at radius 2 is 2.19 bits per heavy atom. The lowest BCUT2D eigenvalue weighted by atomic mass is 10.1. The molecule has 1 atom stereocenters. The van der Waals surface area contributed by atoms with Gasteiger partial charge >= 0.3 is 0 Å². The molecule has 0 saturated carbocycles. The lowest BCUT2D eigenvalue weighted by Crippen LogP contribution is -2.33. The van der Waals surface area contributed by atoms with Gasteiger partial charge in [-0.1, -0.05) is 12.8 Å². The number of pyridine rings is 1. The highest BCUT2D eigenvalue weighted by Gasteiger charge is 2.18. The first-order valence-corrected chi connectivity index (χ1v) is 6.17. The molecule has 2 heterocycles. The van der Waals surface area contributed by atoms with Crippen LogP contribution >= 0.6 is 0 Å². The lowest BCUT2D eigenvalue weighted by Gasteiger charge is -2.28. The summed E-state index contributed by atoms with van der Waals surface area (Å²) in [5, 5.41) is 0. The fourth-order valence-corrected chi connectivity index (χ4v) is 2.30. The van der Waals surface area contributed by atoms with E-state index in [-0.39, 0.29) is 0 Å². The molecule has 0 spiro atoms. The number of nitrogen functional groups attached to an aromatic ring is 1. The maximum atomic E-state index is 5.95. The summed E-state index contributed by atoms with van der Waals surface area (Å²) in [6.45, 7) is 5.39. The highest BCUT2D eigenvalue weighted by Crippen LogP contribution is 2.24. The first-order valence-electron chi connectivity index (χ1n) is 6.17. The number of hydrogen-bond acceptors (Lipinski definition) is 3. The Bertz CT molecular complexity index is 362. The van der Waals surface area contributed by atoms with Crippen LogP contribution in [0.15, 0.2) is 12.3 Å². The smallest absolute Gasteiger partial charge is 0.130 e. The van der Waals surface area contributed by atoms with Crippen molar-refractivity contribution in [3.8, 4) is 0 Å². The minimum atomic E-state index is 0.581. The fourth-order valence-electron chi connectivity index (χ4n) is 2.30. The summed E-state index contributed by atoms with van der Waals surface area (Å²) < 4.78 is 0. The number of anilines is 2. The van der Waals surface area contributed by atoms with Crippen LogP contribution in [0.5, 0.6) is 0 Å². The molecule has 3 nitrogen and oxygen atoms in total. The molecule has 2 N–H and O–H groups in total. The molecule has 16 heavy (non-hydrogen) atoms. The van der Waals surface area contributed by atoms with Crippen LogP contribution in [0.1, 0.15) is 38.2 Å². The number of aryl methyl sites for hydroxylation is 1. The Labute approximate surface area is 97.7 Å². The summed E-state index contributed by atoms with van der Waals surface area (Å²) in [5.41, 5.74) is 7.86. The van der Waals surface area contributed by atoms with E-state index in [1.54, 1.807) is 0 Å². The highest BCUT2D eigenvalue weighted by atomic mass is 15.2. The van der Waals surface area contributed by atoms with Gasteiger partial charge in [0, 0.05) is 30.5 Å². The molecule has 3 heteroatoms. The maximum absolute atomic E-state index is 5.95. The summed E-state index contributed by atoms with van der Waals surface area (Å²) in [6.07, 6.45) is 7.07. The molecule has 0 aliphatic carbocycles. The van der Waals surface area contributed by atoms with Crippen molar-refractivity contribution in [2.75, 3.05) is 17.2 Å². The second-order valence-corrected chi connectivity index (χ2v) is 4.79. The average molecular weight is 219 g/mol. The summed E-state index contributed by atoms with van der Waals surface area (Å²) in [6, 6.07) is 2.59. The third-order valence-electron chi connectivity index (χ3n) is 3.48. The quantitative estimate of drug-likeness (QED) is 0.789. The molecule has 2 rings (SSSR count). The summed E-state index contributed by atoms with van der Waals surface area (Å²) >= 11 is 0. The monoisotopic (exact) mass is 219 g/mol. The van der Waals surface area contributed by atoms with E-state index in [9.17, 15) is 0 Å². The van der Waals surface area contributed by atoms with Gasteiger partial charge in [-0.3, -0.25) is 0 Å². The topological polar surface area (TPSA) is 42.2 Å². The van der Waals surface area contributed by atoms with Crippen molar-refractivity contribution < 1.29 is 0 Å². The minimum absolute atomic E-state index is 0.581. The van der Waals surface area contributed by atoms with Crippen LogP contribution in [0.4, 0.5) is 11.5 Å². The highest BCUT2D eigenvalue weighted by molar-refractivity contribution is 5.55. The van der Waals surface area contributed by atoms with Crippen LogP contribution in [0.3, 0.4) is 0 Å².